The maximum Gasteiger partial charge on any atom is 0.335 e. The van der Waals surface area contributed by atoms with Crippen LogP contribution in [0, 0.1) is 0 Å². The molecule has 0 radical (unpaired) electrons. The van der Waals surface area contributed by atoms with E-state index < -0.39 is 5.97 Å². The lowest BCUT2D eigenvalue weighted by Gasteiger charge is -2.00. The van der Waals surface area contributed by atoms with Crippen molar-refractivity contribution < 1.29 is 18.7 Å². The molecule has 2 aromatic heterocycles. The lowest BCUT2D eigenvalue weighted by molar-refractivity contribution is 0.0696. The number of hydrogen-bond donors (Lipinski definition) is 1. The van der Waals surface area contributed by atoms with E-state index in [4.69, 9.17) is 13.9 Å². The van der Waals surface area contributed by atoms with Gasteiger partial charge in [-0.05, 0) is 30.3 Å². The van der Waals surface area contributed by atoms with Gasteiger partial charge in [-0.2, -0.15) is 0 Å². The number of carboxylic acid groups (broad SMARTS) is 1. The molecular formula is C14H10N2O4S. The Morgan fingerprint density at radius 2 is 2.14 bits per heavy atom. The predicted molar refractivity (Wildman–Crippen MR) is 75.0 cm³/mol. The van der Waals surface area contributed by atoms with Gasteiger partial charge in [0.25, 0.3) is 5.89 Å². The van der Waals surface area contributed by atoms with Gasteiger partial charge in [-0.1, -0.05) is 6.07 Å². The van der Waals surface area contributed by atoms with E-state index in [1.54, 1.807) is 30.3 Å². The molecule has 0 aliphatic heterocycles. The second kappa shape index (κ2) is 5.84. The number of benzene rings is 1. The molecule has 0 bridgehead atoms. The number of carbonyl (C=O) groups is 1. The first kappa shape index (κ1) is 13.4. The second-order valence-electron chi connectivity index (χ2n) is 4.10. The van der Waals surface area contributed by atoms with Gasteiger partial charge in [0.15, 0.2) is 5.76 Å². The average molecular weight is 302 g/mol. The topological polar surface area (TPSA) is 89.4 Å². The largest absolute Gasteiger partial charge is 0.478 e. The second-order valence-corrected chi connectivity index (χ2v) is 5.15. The summed E-state index contributed by atoms with van der Waals surface area (Å²) in [4.78, 5) is 11.7. The van der Waals surface area contributed by atoms with Gasteiger partial charge in [0.2, 0.25) is 5.89 Å². The zero-order valence-corrected chi connectivity index (χ0v) is 11.5. The van der Waals surface area contributed by atoms with E-state index in [9.17, 15) is 4.79 Å². The molecule has 0 unspecified atom stereocenters. The van der Waals surface area contributed by atoms with Crippen LogP contribution in [0.3, 0.4) is 0 Å². The summed E-state index contributed by atoms with van der Waals surface area (Å²) in [6, 6.07) is 10.2. The molecule has 0 atom stereocenters. The highest BCUT2D eigenvalue weighted by atomic mass is 32.2. The smallest absolute Gasteiger partial charge is 0.335 e. The van der Waals surface area contributed by atoms with Crippen molar-refractivity contribution in [1.82, 2.24) is 10.2 Å². The number of aromatic nitrogens is 2. The number of aromatic carboxylic acids is 1. The number of furan rings is 1. The first-order chi connectivity index (χ1) is 10.2. The molecule has 2 heterocycles. The SMILES string of the molecule is O=C(O)c1cccc(SCc2nnc(-c3ccco3)o2)c1. The Morgan fingerprint density at radius 3 is 2.90 bits per heavy atom. The van der Waals surface area contributed by atoms with Gasteiger partial charge in [-0.25, -0.2) is 4.79 Å². The van der Waals surface area contributed by atoms with E-state index in [1.807, 2.05) is 6.07 Å². The minimum absolute atomic E-state index is 0.252. The fourth-order valence-corrected chi connectivity index (χ4v) is 2.47. The summed E-state index contributed by atoms with van der Waals surface area (Å²) in [6.45, 7) is 0. The van der Waals surface area contributed by atoms with Crippen LogP contribution in [0.15, 0.2) is 56.4 Å². The molecule has 0 saturated heterocycles. The molecule has 7 heteroatoms. The van der Waals surface area contributed by atoms with Crippen molar-refractivity contribution in [3.63, 3.8) is 0 Å². The van der Waals surface area contributed by atoms with Gasteiger partial charge in [-0.15, -0.1) is 22.0 Å². The quantitative estimate of drug-likeness (QED) is 0.723. The average Bonchev–Trinajstić information content (AvgIpc) is 3.16. The maximum atomic E-state index is 10.9. The van der Waals surface area contributed by atoms with E-state index in [0.29, 0.717) is 23.3 Å². The minimum Gasteiger partial charge on any atom is -0.478 e. The van der Waals surface area contributed by atoms with Crippen LogP contribution in [-0.2, 0) is 5.75 Å². The Hall–Kier alpha value is -2.54. The van der Waals surface area contributed by atoms with Crippen LogP contribution in [0.5, 0.6) is 0 Å². The Kier molecular flexibility index (Phi) is 3.74. The molecule has 0 aliphatic carbocycles. The number of hydrogen-bond acceptors (Lipinski definition) is 6. The highest BCUT2D eigenvalue weighted by Gasteiger charge is 2.11. The van der Waals surface area contributed by atoms with Gasteiger partial charge in [0, 0.05) is 4.90 Å². The maximum absolute atomic E-state index is 10.9. The third kappa shape index (κ3) is 3.14. The fourth-order valence-electron chi connectivity index (χ4n) is 1.68. The van der Waals surface area contributed by atoms with Crippen LogP contribution in [0.2, 0.25) is 0 Å². The summed E-state index contributed by atoms with van der Waals surface area (Å²) in [5.74, 6) is 0.806. The van der Waals surface area contributed by atoms with Gasteiger partial charge in [0.1, 0.15) is 0 Å². The summed E-state index contributed by atoms with van der Waals surface area (Å²) < 4.78 is 10.6. The predicted octanol–water partition coefficient (Wildman–Crippen LogP) is 3.32. The molecule has 1 aromatic carbocycles. The van der Waals surface area contributed by atoms with Crippen LogP contribution >= 0.6 is 11.8 Å². The molecule has 21 heavy (non-hydrogen) atoms. The standard InChI is InChI=1S/C14H10N2O4S/c17-14(18)9-3-1-4-10(7-9)21-8-12-15-16-13(20-12)11-5-2-6-19-11/h1-7H,8H2,(H,17,18). The third-order valence-corrected chi connectivity index (χ3v) is 3.62. The minimum atomic E-state index is -0.949. The summed E-state index contributed by atoms with van der Waals surface area (Å²) in [7, 11) is 0. The number of nitrogens with zero attached hydrogens (tertiary/aromatic N) is 2. The van der Waals surface area contributed by atoms with E-state index >= 15 is 0 Å². The first-order valence-electron chi connectivity index (χ1n) is 6.05. The van der Waals surface area contributed by atoms with E-state index in [1.165, 1.54) is 18.0 Å². The summed E-state index contributed by atoms with van der Waals surface area (Å²) in [6.07, 6.45) is 1.53. The van der Waals surface area contributed by atoms with Gasteiger partial charge in [-0.3, -0.25) is 0 Å². The van der Waals surface area contributed by atoms with E-state index in [0.717, 1.165) is 4.90 Å². The number of thioether (sulfide) groups is 1. The zero-order chi connectivity index (χ0) is 14.7. The first-order valence-corrected chi connectivity index (χ1v) is 7.03. The molecule has 3 rings (SSSR count). The lowest BCUT2D eigenvalue weighted by Crippen LogP contribution is -1.95. The van der Waals surface area contributed by atoms with Crippen molar-refractivity contribution in [1.29, 1.82) is 0 Å². The van der Waals surface area contributed by atoms with Gasteiger partial charge >= 0.3 is 5.97 Å². The van der Waals surface area contributed by atoms with Gasteiger partial charge < -0.3 is 13.9 Å². The molecule has 106 valence electrons. The number of carboxylic acids is 1. The highest BCUT2D eigenvalue weighted by molar-refractivity contribution is 7.98. The zero-order valence-electron chi connectivity index (χ0n) is 10.7. The van der Waals surface area contributed by atoms with E-state index in [2.05, 4.69) is 10.2 Å². The van der Waals surface area contributed by atoms with Crippen LogP contribution < -0.4 is 0 Å². The Morgan fingerprint density at radius 1 is 1.24 bits per heavy atom. The van der Waals surface area contributed by atoms with Crippen LogP contribution in [0.25, 0.3) is 11.7 Å². The molecule has 0 fully saturated rings. The van der Waals surface area contributed by atoms with Crippen molar-refractivity contribution in [3.05, 3.63) is 54.1 Å². The van der Waals surface area contributed by atoms with Crippen molar-refractivity contribution in [2.75, 3.05) is 0 Å². The lowest BCUT2D eigenvalue weighted by atomic mass is 10.2. The van der Waals surface area contributed by atoms with Crippen molar-refractivity contribution in [2.24, 2.45) is 0 Å². The van der Waals surface area contributed by atoms with Crippen LogP contribution in [0.1, 0.15) is 16.2 Å². The summed E-state index contributed by atoms with van der Waals surface area (Å²) in [5, 5.41) is 16.8. The Bertz CT molecular complexity index is 752. The molecule has 0 amide bonds. The normalized spacial score (nSPS) is 10.7. The molecular weight excluding hydrogens is 292 g/mol. The molecule has 0 spiro atoms. The van der Waals surface area contributed by atoms with Crippen LogP contribution in [-0.4, -0.2) is 21.3 Å². The third-order valence-electron chi connectivity index (χ3n) is 2.64. The molecule has 6 nitrogen and oxygen atoms in total. The summed E-state index contributed by atoms with van der Waals surface area (Å²) in [5.41, 5.74) is 0.252. The fraction of sp³-hybridized carbons (Fsp3) is 0.0714. The molecule has 3 aromatic rings. The Labute approximate surface area is 123 Å². The van der Waals surface area contributed by atoms with Crippen molar-refractivity contribution >= 4 is 17.7 Å². The molecule has 0 aliphatic rings. The molecule has 0 saturated carbocycles. The highest BCUT2D eigenvalue weighted by Crippen LogP contribution is 2.25. The Balaban J connectivity index is 1.68. The van der Waals surface area contributed by atoms with Gasteiger partial charge in [0.05, 0.1) is 17.6 Å². The monoisotopic (exact) mass is 302 g/mol. The molecule has 1 N–H and O–H groups in total. The van der Waals surface area contributed by atoms with Crippen molar-refractivity contribution in [2.45, 2.75) is 10.6 Å². The van der Waals surface area contributed by atoms with Crippen molar-refractivity contribution in [3.8, 4) is 11.7 Å². The number of rotatable bonds is 5. The summed E-state index contributed by atoms with van der Waals surface area (Å²) >= 11 is 1.43. The van der Waals surface area contributed by atoms with E-state index in [-0.39, 0.29) is 5.56 Å². The van der Waals surface area contributed by atoms with Crippen LogP contribution in [0.4, 0.5) is 0 Å².